The highest BCUT2D eigenvalue weighted by atomic mass is 19.3. The van der Waals surface area contributed by atoms with Gasteiger partial charge in [0.2, 0.25) is 0 Å². The van der Waals surface area contributed by atoms with Gasteiger partial charge < -0.3 is 15.2 Å². The molecule has 0 unspecified atom stereocenters. The molecule has 0 bridgehead atoms. The molecule has 0 saturated carbocycles. The first-order chi connectivity index (χ1) is 8.08. The van der Waals surface area contributed by atoms with Crippen molar-refractivity contribution in [3.05, 3.63) is 29.3 Å². The Kier molecular flexibility index (Phi) is 4.84. The highest BCUT2D eigenvalue weighted by Gasteiger charge is 2.11. The molecule has 0 aliphatic rings. The van der Waals surface area contributed by atoms with Crippen LogP contribution >= 0.6 is 0 Å². The van der Waals surface area contributed by atoms with Gasteiger partial charge in [-0.25, -0.2) is 13.6 Å². The third-order valence-corrected chi connectivity index (χ3v) is 2.07. The average molecular weight is 245 g/mol. The average Bonchev–Trinajstić information content (AvgIpc) is 2.34. The summed E-state index contributed by atoms with van der Waals surface area (Å²) in [7, 11) is 1.26. The normalized spacial score (nSPS) is 10.4. The number of nitrogens with two attached hydrogens (primary N) is 1. The van der Waals surface area contributed by atoms with Crippen molar-refractivity contribution in [1.29, 1.82) is 0 Å². The third-order valence-electron chi connectivity index (χ3n) is 2.07. The maximum absolute atomic E-state index is 12.0. The van der Waals surface area contributed by atoms with E-state index in [4.69, 9.17) is 10.5 Å². The van der Waals surface area contributed by atoms with Crippen LogP contribution in [0.25, 0.3) is 0 Å². The lowest BCUT2D eigenvalue weighted by Gasteiger charge is -2.11. The molecule has 0 radical (unpaired) electrons. The summed E-state index contributed by atoms with van der Waals surface area (Å²) in [5, 5.41) is 0. The molecule has 0 spiro atoms. The lowest BCUT2D eigenvalue weighted by atomic mass is 10.1. The topological polar surface area (TPSA) is 61.5 Å². The fourth-order valence-electron chi connectivity index (χ4n) is 1.28. The van der Waals surface area contributed by atoms with Gasteiger partial charge in [0.25, 0.3) is 6.43 Å². The molecule has 0 aromatic heterocycles. The molecular formula is C11H13F2NO3. The highest BCUT2D eigenvalue weighted by molar-refractivity contribution is 5.89. The number of alkyl halides is 2. The Balaban J connectivity index is 2.89. The predicted octanol–water partition coefficient (Wildman–Crippen LogP) is 1.58. The quantitative estimate of drug-likeness (QED) is 0.800. The molecule has 0 fully saturated rings. The number of methoxy groups -OCH3 is 1. The maximum atomic E-state index is 12.0. The SMILES string of the molecule is COC(=O)c1ccc(OCC(F)F)c(CN)c1. The second-order valence-electron chi connectivity index (χ2n) is 3.22. The van der Waals surface area contributed by atoms with E-state index in [1.807, 2.05) is 0 Å². The first kappa shape index (κ1) is 13.4. The molecule has 2 N–H and O–H groups in total. The van der Waals surface area contributed by atoms with E-state index in [9.17, 15) is 13.6 Å². The van der Waals surface area contributed by atoms with E-state index in [2.05, 4.69) is 4.74 Å². The van der Waals surface area contributed by atoms with Gasteiger partial charge in [-0.05, 0) is 18.2 Å². The molecule has 17 heavy (non-hydrogen) atoms. The van der Waals surface area contributed by atoms with Gasteiger partial charge in [0.15, 0.2) is 0 Å². The monoisotopic (exact) mass is 245 g/mol. The van der Waals surface area contributed by atoms with Crippen LogP contribution in [0.4, 0.5) is 8.78 Å². The van der Waals surface area contributed by atoms with E-state index in [0.29, 0.717) is 11.1 Å². The van der Waals surface area contributed by atoms with Crippen LogP contribution in [-0.4, -0.2) is 26.1 Å². The smallest absolute Gasteiger partial charge is 0.337 e. The van der Waals surface area contributed by atoms with Crippen LogP contribution in [0.2, 0.25) is 0 Å². The number of esters is 1. The van der Waals surface area contributed by atoms with E-state index in [0.717, 1.165) is 0 Å². The van der Waals surface area contributed by atoms with Gasteiger partial charge in [-0.15, -0.1) is 0 Å². The summed E-state index contributed by atoms with van der Waals surface area (Å²) in [5.74, 6) is -0.263. The standard InChI is InChI=1S/C11H13F2NO3/c1-16-11(15)7-2-3-9(8(4-7)5-14)17-6-10(12)13/h2-4,10H,5-6,14H2,1H3. The van der Waals surface area contributed by atoms with Crippen molar-refractivity contribution in [2.75, 3.05) is 13.7 Å². The van der Waals surface area contributed by atoms with E-state index in [-0.39, 0.29) is 12.3 Å². The minimum atomic E-state index is -2.55. The Morgan fingerprint density at radius 3 is 2.71 bits per heavy atom. The number of benzene rings is 1. The maximum Gasteiger partial charge on any atom is 0.337 e. The van der Waals surface area contributed by atoms with Crippen LogP contribution in [0, 0.1) is 0 Å². The van der Waals surface area contributed by atoms with E-state index in [1.54, 1.807) is 0 Å². The molecule has 0 atom stereocenters. The fourth-order valence-corrected chi connectivity index (χ4v) is 1.28. The second-order valence-corrected chi connectivity index (χ2v) is 3.22. The lowest BCUT2D eigenvalue weighted by Crippen LogP contribution is -2.11. The van der Waals surface area contributed by atoms with Crippen molar-refractivity contribution in [2.24, 2.45) is 5.73 Å². The van der Waals surface area contributed by atoms with Gasteiger partial charge in [-0.3, -0.25) is 0 Å². The van der Waals surface area contributed by atoms with Crippen molar-refractivity contribution in [3.8, 4) is 5.75 Å². The third kappa shape index (κ3) is 3.67. The van der Waals surface area contributed by atoms with Crippen LogP contribution < -0.4 is 10.5 Å². The molecule has 94 valence electrons. The van der Waals surface area contributed by atoms with Crippen molar-refractivity contribution >= 4 is 5.97 Å². The van der Waals surface area contributed by atoms with Crippen molar-refractivity contribution in [2.45, 2.75) is 13.0 Å². The van der Waals surface area contributed by atoms with Gasteiger partial charge in [0.05, 0.1) is 12.7 Å². The van der Waals surface area contributed by atoms with Crippen molar-refractivity contribution < 1.29 is 23.0 Å². The Morgan fingerprint density at radius 1 is 1.47 bits per heavy atom. The number of rotatable bonds is 5. The number of hydrogen-bond donors (Lipinski definition) is 1. The number of carbonyl (C=O) groups is 1. The summed E-state index contributed by atoms with van der Waals surface area (Å²) < 4.78 is 33.4. The second kappa shape index (κ2) is 6.15. The lowest BCUT2D eigenvalue weighted by molar-refractivity contribution is 0.0599. The molecule has 0 aliphatic carbocycles. The van der Waals surface area contributed by atoms with Crippen molar-refractivity contribution in [3.63, 3.8) is 0 Å². The summed E-state index contributed by atoms with van der Waals surface area (Å²) in [6.45, 7) is -0.617. The first-order valence-corrected chi connectivity index (χ1v) is 4.90. The Hall–Kier alpha value is -1.69. The van der Waals surface area contributed by atoms with Crippen LogP contribution in [0.15, 0.2) is 18.2 Å². The van der Waals surface area contributed by atoms with Gasteiger partial charge >= 0.3 is 5.97 Å². The van der Waals surface area contributed by atoms with E-state index < -0.39 is 19.0 Å². The minimum absolute atomic E-state index is 0.0867. The molecule has 0 amide bonds. The van der Waals surface area contributed by atoms with Crippen LogP contribution in [0.1, 0.15) is 15.9 Å². The zero-order valence-corrected chi connectivity index (χ0v) is 9.28. The number of hydrogen-bond acceptors (Lipinski definition) is 4. The van der Waals surface area contributed by atoms with E-state index >= 15 is 0 Å². The molecule has 1 aromatic carbocycles. The summed E-state index contributed by atoms with van der Waals surface area (Å²) in [4.78, 5) is 11.2. The summed E-state index contributed by atoms with van der Waals surface area (Å²) in [6, 6.07) is 4.33. The summed E-state index contributed by atoms with van der Waals surface area (Å²) in [6.07, 6.45) is -2.55. The van der Waals surface area contributed by atoms with E-state index in [1.165, 1.54) is 25.3 Å². The zero-order valence-electron chi connectivity index (χ0n) is 9.28. The number of carbonyl (C=O) groups excluding carboxylic acids is 1. The highest BCUT2D eigenvalue weighted by Crippen LogP contribution is 2.20. The molecule has 4 nitrogen and oxygen atoms in total. The molecule has 1 aromatic rings. The molecule has 0 saturated heterocycles. The predicted molar refractivity (Wildman–Crippen MR) is 57.2 cm³/mol. The van der Waals surface area contributed by atoms with Gasteiger partial charge in [-0.1, -0.05) is 0 Å². The largest absolute Gasteiger partial charge is 0.487 e. The van der Waals surface area contributed by atoms with Crippen LogP contribution in [-0.2, 0) is 11.3 Å². The molecule has 1 rings (SSSR count). The molecule has 0 heterocycles. The van der Waals surface area contributed by atoms with Gasteiger partial charge in [-0.2, -0.15) is 0 Å². The van der Waals surface area contributed by atoms with Crippen LogP contribution in [0.3, 0.4) is 0 Å². The molecular weight excluding hydrogens is 232 g/mol. The van der Waals surface area contributed by atoms with Gasteiger partial charge in [0.1, 0.15) is 12.4 Å². The summed E-state index contributed by atoms with van der Waals surface area (Å²) >= 11 is 0. The van der Waals surface area contributed by atoms with Crippen molar-refractivity contribution in [1.82, 2.24) is 0 Å². The summed E-state index contributed by atoms with van der Waals surface area (Å²) in [5.41, 5.74) is 6.23. The Morgan fingerprint density at radius 2 is 2.18 bits per heavy atom. The Labute approximate surface area is 97.3 Å². The zero-order chi connectivity index (χ0) is 12.8. The first-order valence-electron chi connectivity index (χ1n) is 4.90. The fraction of sp³-hybridized carbons (Fsp3) is 0.364. The minimum Gasteiger partial charge on any atom is -0.487 e. The molecule has 0 aliphatic heterocycles. The number of halogens is 2. The van der Waals surface area contributed by atoms with Gasteiger partial charge in [0, 0.05) is 12.1 Å². The number of ether oxygens (including phenoxy) is 2. The molecule has 6 heteroatoms. The van der Waals surface area contributed by atoms with Crippen LogP contribution in [0.5, 0.6) is 5.75 Å². The Bertz CT molecular complexity index is 396.